The number of anilines is 1. The van der Waals surface area contributed by atoms with Gasteiger partial charge in [0.05, 0.1) is 9.73 Å². The van der Waals surface area contributed by atoms with Crippen LogP contribution in [0.3, 0.4) is 0 Å². The summed E-state index contributed by atoms with van der Waals surface area (Å²) >= 11 is 0. The molecule has 0 heterocycles. The quantitative estimate of drug-likeness (QED) is 0.867. The summed E-state index contributed by atoms with van der Waals surface area (Å²) in [6.45, 7) is 5.04. The molecule has 0 aliphatic heterocycles. The van der Waals surface area contributed by atoms with E-state index >= 15 is 0 Å². The van der Waals surface area contributed by atoms with Crippen molar-refractivity contribution in [2.24, 2.45) is 4.36 Å². The average Bonchev–Trinajstić information content (AvgIpc) is 2.35. The number of hydrogen-bond acceptors (Lipinski definition) is 4. The molecule has 0 spiro atoms. The second-order valence-corrected chi connectivity index (χ2v) is 8.11. The number of carbonyl (C=O) groups excluding carboxylic acids is 2. The van der Waals surface area contributed by atoms with Gasteiger partial charge in [0.2, 0.25) is 0 Å². The van der Waals surface area contributed by atoms with Crippen LogP contribution in [0.2, 0.25) is 0 Å². The standard InChI is InChI=1S/C14H17F3N2O4S/c1-13(2,3)23-12(21)18-9-5-7-10(8-6-9)24(4,22)19-11(20)14(15,16)17/h5-8H,1-4H3,(H,18,21). The highest BCUT2D eigenvalue weighted by Gasteiger charge is 2.39. The fraction of sp³-hybridized carbons (Fsp3) is 0.429. The zero-order valence-corrected chi connectivity index (χ0v) is 14.2. The number of hydrogen-bond donors (Lipinski definition) is 1. The lowest BCUT2D eigenvalue weighted by Crippen LogP contribution is -2.27. The maximum Gasteiger partial charge on any atom is 0.474 e. The predicted octanol–water partition coefficient (Wildman–Crippen LogP) is 3.58. The fourth-order valence-corrected chi connectivity index (χ4v) is 2.64. The molecule has 1 atom stereocenters. The Balaban J connectivity index is 2.95. The first-order chi connectivity index (χ1) is 10.7. The molecule has 134 valence electrons. The van der Waals surface area contributed by atoms with Gasteiger partial charge in [-0.1, -0.05) is 0 Å². The number of benzene rings is 1. The molecule has 0 aliphatic rings. The van der Waals surface area contributed by atoms with Crippen molar-refractivity contribution in [1.29, 1.82) is 0 Å². The van der Waals surface area contributed by atoms with Crippen LogP contribution in [0.15, 0.2) is 33.5 Å². The maximum absolute atomic E-state index is 12.2. The molecule has 0 aromatic heterocycles. The van der Waals surface area contributed by atoms with E-state index in [4.69, 9.17) is 4.74 Å². The predicted molar refractivity (Wildman–Crippen MR) is 82.1 cm³/mol. The molecular weight excluding hydrogens is 349 g/mol. The Morgan fingerprint density at radius 3 is 2.04 bits per heavy atom. The van der Waals surface area contributed by atoms with Gasteiger partial charge in [0.1, 0.15) is 5.60 Å². The summed E-state index contributed by atoms with van der Waals surface area (Å²) in [5.41, 5.74) is -0.413. The SMILES string of the molecule is CC(C)(C)OC(=O)Nc1ccc(S(C)(=O)=NC(=O)C(F)(F)F)cc1. The first kappa shape index (κ1) is 19.9. The van der Waals surface area contributed by atoms with Crippen molar-refractivity contribution < 1.29 is 31.7 Å². The Kier molecular flexibility index (Phi) is 5.65. The maximum atomic E-state index is 12.2. The third-order valence-electron chi connectivity index (χ3n) is 2.44. The zero-order chi connectivity index (χ0) is 18.8. The van der Waals surface area contributed by atoms with Crippen LogP contribution >= 0.6 is 0 Å². The van der Waals surface area contributed by atoms with Crippen LogP contribution in [0.25, 0.3) is 0 Å². The average molecular weight is 366 g/mol. The Morgan fingerprint density at radius 1 is 1.12 bits per heavy atom. The van der Waals surface area contributed by atoms with Gasteiger partial charge in [0.15, 0.2) is 0 Å². The van der Waals surface area contributed by atoms with E-state index in [0.29, 0.717) is 0 Å². The molecule has 10 heteroatoms. The van der Waals surface area contributed by atoms with Crippen molar-refractivity contribution in [2.45, 2.75) is 37.4 Å². The van der Waals surface area contributed by atoms with E-state index in [-0.39, 0.29) is 10.6 Å². The summed E-state index contributed by atoms with van der Waals surface area (Å²) in [5, 5.41) is 2.41. The molecular formula is C14H17F3N2O4S. The monoisotopic (exact) mass is 366 g/mol. The minimum Gasteiger partial charge on any atom is -0.444 e. The highest BCUT2D eigenvalue weighted by molar-refractivity contribution is 7.93. The van der Waals surface area contributed by atoms with Crippen molar-refractivity contribution in [3.8, 4) is 0 Å². The van der Waals surface area contributed by atoms with E-state index < -0.39 is 33.5 Å². The highest BCUT2D eigenvalue weighted by Crippen LogP contribution is 2.21. The first-order valence-corrected chi connectivity index (χ1v) is 8.56. The van der Waals surface area contributed by atoms with E-state index in [1.54, 1.807) is 20.8 Å². The third-order valence-corrected chi connectivity index (χ3v) is 4.10. The molecule has 2 amide bonds. The zero-order valence-electron chi connectivity index (χ0n) is 13.4. The Labute approximate surface area is 137 Å². The van der Waals surface area contributed by atoms with Gasteiger partial charge in [-0.15, -0.1) is 4.36 Å². The first-order valence-electron chi connectivity index (χ1n) is 6.64. The molecule has 0 saturated carbocycles. The second kappa shape index (κ2) is 6.80. The van der Waals surface area contributed by atoms with Crippen molar-refractivity contribution >= 4 is 27.4 Å². The van der Waals surface area contributed by atoms with E-state index in [0.717, 1.165) is 6.26 Å². The summed E-state index contributed by atoms with van der Waals surface area (Å²) in [4.78, 5) is 22.4. The number of ether oxygens (including phenoxy) is 1. The van der Waals surface area contributed by atoms with Gasteiger partial charge in [-0.2, -0.15) is 13.2 Å². The Morgan fingerprint density at radius 2 is 1.62 bits per heavy atom. The van der Waals surface area contributed by atoms with E-state index in [2.05, 4.69) is 9.68 Å². The van der Waals surface area contributed by atoms with Gasteiger partial charge in [0, 0.05) is 16.8 Å². The summed E-state index contributed by atoms with van der Waals surface area (Å²) in [7, 11) is -3.56. The molecule has 0 bridgehead atoms. The minimum absolute atomic E-state index is 0.0742. The molecule has 0 fully saturated rings. The number of nitrogens with zero attached hydrogens (tertiary/aromatic N) is 1. The lowest BCUT2D eigenvalue weighted by Gasteiger charge is -2.19. The van der Waals surface area contributed by atoms with Crippen LogP contribution in [0.4, 0.5) is 23.7 Å². The van der Waals surface area contributed by atoms with Crippen LogP contribution in [0, 0.1) is 0 Å². The lowest BCUT2D eigenvalue weighted by atomic mass is 10.2. The fourth-order valence-electron chi connectivity index (χ4n) is 1.47. The number of nitrogens with one attached hydrogen (secondary N) is 1. The summed E-state index contributed by atoms with van der Waals surface area (Å²) < 4.78 is 56.6. The van der Waals surface area contributed by atoms with Crippen LogP contribution < -0.4 is 5.32 Å². The topological polar surface area (TPSA) is 84.8 Å². The van der Waals surface area contributed by atoms with Crippen LogP contribution in [0.1, 0.15) is 20.8 Å². The molecule has 1 N–H and O–H groups in total. The lowest BCUT2D eigenvalue weighted by molar-refractivity contribution is -0.169. The van der Waals surface area contributed by atoms with Gasteiger partial charge in [-0.05, 0) is 45.0 Å². The summed E-state index contributed by atoms with van der Waals surface area (Å²) in [6, 6.07) is 5.05. The number of amides is 2. The van der Waals surface area contributed by atoms with Gasteiger partial charge in [0.25, 0.3) is 0 Å². The third kappa shape index (κ3) is 6.19. The smallest absolute Gasteiger partial charge is 0.444 e. The second-order valence-electron chi connectivity index (χ2n) is 5.85. The van der Waals surface area contributed by atoms with Crippen molar-refractivity contribution in [1.82, 2.24) is 0 Å². The Hall–Kier alpha value is -2.10. The minimum atomic E-state index is -5.18. The van der Waals surface area contributed by atoms with Crippen LogP contribution in [-0.4, -0.2) is 34.2 Å². The molecule has 1 aromatic rings. The highest BCUT2D eigenvalue weighted by atomic mass is 32.2. The largest absolute Gasteiger partial charge is 0.474 e. The van der Waals surface area contributed by atoms with Gasteiger partial charge >= 0.3 is 18.2 Å². The van der Waals surface area contributed by atoms with Gasteiger partial charge < -0.3 is 4.74 Å². The normalized spacial score (nSPS) is 14.5. The van der Waals surface area contributed by atoms with Crippen molar-refractivity contribution in [3.05, 3.63) is 24.3 Å². The van der Waals surface area contributed by atoms with E-state index in [9.17, 15) is 27.0 Å². The molecule has 1 aromatic carbocycles. The van der Waals surface area contributed by atoms with Crippen LogP contribution in [0.5, 0.6) is 0 Å². The van der Waals surface area contributed by atoms with Crippen molar-refractivity contribution in [2.75, 3.05) is 11.6 Å². The number of alkyl halides is 3. The van der Waals surface area contributed by atoms with E-state index in [1.807, 2.05) is 0 Å². The van der Waals surface area contributed by atoms with Gasteiger partial charge in [-0.3, -0.25) is 10.1 Å². The molecule has 6 nitrogen and oxygen atoms in total. The molecule has 24 heavy (non-hydrogen) atoms. The molecule has 0 radical (unpaired) electrons. The molecule has 1 unspecified atom stereocenters. The number of halogens is 3. The van der Waals surface area contributed by atoms with Crippen molar-refractivity contribution in [3.63, 3.8) is 0 Å². The van der Waals surface area contributed by atoms with Crippen LogP contribution in [-0.2, 0) is 19.3 Å². The molecule has 0 aliphatic carbocycles. The number of rotatable bonds is 2. The summed E-state index contributed by atoms with van der Waals surface area (Å²) in [5.74, 6) is -2.41. The molecule has 0 saturated heterocycles. The summed E-state index contributed by atoms with van der Waals surface area (Å²) in [6.07, 6.45) is -4.98. The number of carbonyl (C=O) groups is 2. The van der Waals surface area contributed by atoms with Gasteiger partial charge in [-0.25, -0.2) is 9.00 Å². The van der Waals surface area contributed by atoms with E-state index in [1.165, 1.54) is 24.3 Å². The molecule has 1 rings (SSSR count). The Bertz CT molecular complexity index is 743.